The lowest BCUT2D eigenvalue weighted by Gasteiger charge is -2.26. The van der Waals surface area contributed by atoms with Gasteiger partial charge in [0.15, 0.2) is 0 Å². The average Bonchev–Trinajstić information content (AvgIpc) is 3.06. The Morgan fingerprint density at radius 1 is 1.33 bits per heavy atom. The van der Waals surface area contributed by atoms with Crippen LogP contribution in [0.25, 0.3) is 0 Å². The number of methoxy groups -OCH3 is 1. The Morgan fingerprint density at radius 2 is 2.00 bits per heavy atom. The average molecular weight is 296 g/mol. The minimum Gasteiger partial charge on any atom is -0.378 e. The van der Waals surface area contributed by atoms with Gasteiger partial charge < -0.3 is 14.2 Å². The lowest BCUT2D eigenvalue weighted by Crippen LogP contribution is -2.34. The van der Waals surface area contributed by atoms with Crippen molar-refractivity contribution in [3.63, 3.8) is 0 Å². The van der Waals surface area contributed by atoms with Crippen LogP contribution in [0.4, 0.5) is 0 Å². The van der Waals surface area contributed by atoms with E-state index in [0.29, 0.717) is 5.92 Å². The molecule has 0 bridgehead atoms. The van der Waals surface area contributed by atoms with Crippen molar-refractivity contribution in [2.24, 2.45) is 11.8 Å². The van der Waals surface area contributed by atoms with Crippen molar-refractivity contribution in [1.29, 1.82) is 0 Å². The molecule has 1 saturated carbocycles. The molecule has 0 radical (unpaired) electrons. The van der Waals surface area contributed by atoms with Crippen LogP contribution in [0.1, 0.15) is 53.9 Å². The molecule has 1 heterocycles. The van der Waals surface area contributed by atoms with Crippen LogP contribution in [-0.4, -0.2) is 37.6 Å². The van der Waals surface area contributed by atoms with Gasteiger partial charge in [-0.15, -0.1) is 0 Å². The monoisotopic (exact) mass is 296 g/mol. The first-order valence-corrected chi connectivity index (χ1v) is 8.38. The zero-order valence-corrected chi connectivity index (χ0v) is 14.5. The van der Waals surface area contributed by atoms with E-state index in [1.807, 2.05) is 0 Å². The predicted molar refractivity (Wildman–Crippen MR) is 85.4 cm³/mol. The van der Waals surface area contributed by atoms with Gasteiger partial charge in [-0.25, -0.2) is 0 Å². The summed E-state index contributed by atoms with van der Waals surface area (Å²) in [5, 5.41) is 0. The van der Waals surface area contributed by atoms with Crippen LogP contribution < -0.4 is 0 Å². The zero-order valence-electron chi connectivity index (χ0n) is 14.5. The maximum absolute atomic E-state index is 6.08. The Morgan fingerprint density at radius 3 is 2.48 bits per heavy atom. The number of hydrogen-bond donors (Lipinski definition) is 0. The zero-order chi connectivity index (χ0) is 15.6. The van der Waals surface area contributed by atoms with E-state index in [4.69, 9.17) is 14.2 Å². The number of rotatable bonds is 7. The Kier molecular flexibility index (Phi) is 5.50. The van der Waals surface area contributed by atoms with E-state index in [-0.39, 0.29) is 23.9 Å². The van der Waals surface area contributed by atoms with E-state index >= 15 is 0 Å². The molecule has 1 aliphatic carbocycles. The molecule has 0 amide bonds. The van der Waals surface area contributed by atoms with Crippen molar-refractivity contribution in [3.05, 3.63) is 11.6 Å². The fourth-order valence-electron chi connectivity index (χ4n) is 3.70. The molecule has 1 saturated heterocycles. The quantitative estimate of drug-likeness (QED) is 0.526. The maximum Gasteiger partial charge on any atom is 0.103 e. The second kappa shape index (κ2) is 6.80. The highest BCUT2D eigenvalue weighted by atomic mass is 16.6. The molecule has 0 N–H and O–H groups in total. The first-order chi connectivity index (χ1) is 9.89. The Labute approximate surface area is 130 Å². The van der Waals surface area contributed by atoms with E-state index in [2.05, 4.69) is 40.7 Å². The van der Waals surface area contributed by atoms with Gasteiger partial charge in [-0.1, -0.05) is 25.5 Å². The lowest BCUT2D eigenvalue weighted by atomic mass is 9.87. The van der Waals surface area contributed by atoms with Crippen molar-refractivity contribution in [2.45, 2.75) is 77.8 Å². The van der Waals surface area contributed by atoms with Gasteiger partial charge in [-0.3, -0.25) is 0 Å². The third-order valence-corrected chi connectivity index (χ3v) is 4.74. The van der Waals surface area contributed by atoms with Gasteiger partial charge >= 0.3 is 0 Å². The van der Waals surface area contributed by atoms with Crippen molar-refractivity contribution in [2.75, 3.05) is 13.7 Å². The number of hydrogen-bond acceptors (Lipinski definition) is 3. The molecule has 0 aromatic rings. The molecule has 0 unspecified atom stereocenters. The summed E-state index contributed by atoms with van der Waals surface area (Å²) >= 11 is 0. The van der Waals surface area contributed by atoms with Gasteiger partial charge in [0, 0.05) is 19.4 Å². The minimum absolute atomic E-state index is 0.0152. The van der Waals surface area contributed by atoms with Gasteiger partial charge in [-0.05, 0) is 39.5 Å². The third-order valence-electron chi connectivity index (χ3n) is 4.74. The Balaban J connectivity index is 2.08. The number of ether oxygens (including phenoxy) is 3. The van der Waals surface area contributed by atoms with Crippen LogP contribution in [0.3, 0.4) is 0 Å². The first kappa shape index (κ1) is 17.0. The van der Waals surface area contributed by atoms with E-state index in [1.165, 1.54) is 12.0 Å². The maximum atomic E-state index is 6.08. The van der Waals surface area contributed by atoms with E-state index in [1.54, 1.807) is 7.11 Å². The largest absolute Gasteiger partial charge is 0.378 e. The molecule has 4 atom stereocenters. The van der Waals surface area contributed by atoms with Gasteiger partial charge in [0.2, 0.25) is 0 Å². The highest BCUT2D eigenvalue weighted by Gasteiger charge is 2.63. The van der Waals surface area contributed by atoms with E-state index in [0.717, 1.165) is 25.4 Å². The molecule has 21 heavy (non-hydrogen) atoms. The molecule has 0 aromatic heterocycles. The molecule has 1 spiro atoms. The van der Waals surface area contributed by atoms with Crippen LogP contribution in [0.2, 0.25) is 0 Å². The predicted octanol–water partition coefficient (Wildman–Crippen LogP) is 3.97. The number of epoxide rings is 1. The molecule has 3 nitrogen and oxygen atoms in total. The first-order valence-electron chi connectivity index (χ1n) is 8.38. The molecule has 2 rings (SSSR count). The topological polar surface area (TPSA) is 31.0 Å². The van der Waals surface area contributed by atoms with Gasteiger partial charge in [0.25, 0.3) is 0 Å². The smallest absolute Gasteiger partial charge is 0.103 e. The highest BCUT2D eigenvalue weighted by Crippen LogP contribution is 2.53. The Bertz CT molecular complexity index is 369. The van der Waals surface area contributed by atoms with Gasteiger partial charge in [0.05, 0.1) is 24.9 Å². The number of allylic oxidation sites excluding steroid dienone is 1. The molecule has 2 aliphatic rings. The van der Waals surface area contributed by atoms with Gasteiger partial charge in [0.1, 0.15) is 5.60 Å². The SMILES string of the molecule is CO[C@@H]1[C@H](OC(C)C)C[C@]2(CO2)[C@H]1/C(C)=C/CCC(C)C. The minimum atomic E-state index is -0.0152. The summed E-state index contributed by atoms with van der Waals surface area (Å²) in [6.07, 6.45) is 6.22. The van der Waals surface area contributed by atoms with Crippen molar-refractivity contribution < 1.29 is 14.2 Å². The van der Waals surface area contributed by atoms with Crippen LogP contribution in [0.15, 0.2) is 11.6 Å². The molecular formula is C18H32O3. The molecule has 3 heteroatoms. The molecular weight excluding hydrogens is 264 g/mol. The second-order valence-electron chi connectivity index (χ2n) is 7.38. The summed E-state index contributed by atoms with van der Waals surface area (Å²) in [6.45, 7) is 11.8. The van der Waals surface area contributed by atoms with Crippen molar-refractivity contribution >= 4 is 0 Å². The molecule has 0 aromatic carbocycles. The summed E-state index contributed by atoms with van der Waals surface area (Å²) in [5.74, 6) is 1.09. The van der Waals surface area contributed by atoms with Crippen molar-refractivity contribution in [1.82, 2.24) is 0 Å². The van der Waals surface area contributed by atoms with E-state index in [9.17, 15) is 0 Å². The van der Waals surface area contributed by atoms with Crippen LogP contribution in [-0.2, 0) is 14.2 Å². The van der Waals surface area contributed by atoms with Crippen LogP contribution in [0, 0.1) is 11.8 Å². The standard InChI is InChI=1S/C18H32O3/c1-12(2)8-7-9-14(5)16-17(19-6)15(21-13(3)4)10-18(16)11-20-18/h9,12-13,15-17H,7-8,10-11H2,1-6H3/b14-9+/t15-,16+,17-,18+/m1/s1. The summed E-state index contributed by atoms with van der Waals surface area (Å²) in [6, 6.07) is 0. The summed E-state index contributed by atoms with van der Waals surface area (Å²) in [5.41, 5.74) is 1.40. The molecule has 122 valence electrons. The summed E-state index contributed by atoms with van der Waals surface area (Å²) < 4.78 is 17.8. The molecule has 1 aliphatic heterocycles. The summed E-state index contributed by atoms with van der Waals surface area (Å²) in [4.78, 5) is 0. The van der Waals surface area contributed by atoms with Crippen molar-refractivity contribution in [3.8, 4) is 0 Å². The summed E-state index contributed by atoms with van der Waals surface area (Å²) in [7, 11) is 1.80. The Hall–Kier alpha value is -0.380. The third kappa shape index (κ3) is 3.88. The molecule has 2 fully saturated rings. The van der Waals surface area contributed by atoms with E-state index < -0.39 is 0 Å². The fourth-order valence-corrected chi connectivity index (χ4v) is 3.70. The van der Waals surface area contributed by atoms with Gasteiger partial charge in [-0.2, -0.15) is 0 Å². The highest BCUT2D eigenvalue weighted by molar-refractivity contribution is 5.23. The van der Waals surface area contributed by atoms with Crippen LogP contribution >= 0.6 is 0 Å². The lowest BCUT2D eigenvalue weighted by molar-refractivity contribution is -0.0717. The van der Waals surface area contributed by atoms with Crippen LogP contribution in [0.5, 0.6) is 0 Å². The fraction of sp³-hybridized carbons (Fsp3) is 0.889. The normalized spacial score (nSPS) is 36.2. The second-order valence-corrected chi connectivity index (χ2v) is 7.38.